The minimum absolute atomic E-state index is 0.00181. The summed E-state index contributed by atoms with van der Waals surface area (Å²) in [6, 6.07) is 26.3. The molecule has 0 unspecified atom stereocenters. The summed E-state index contributed by atoms with van der Waals surface area (Å²) < 4.78 is 2.24. The van der Waals surface area contributed by atoms with Crippen LogP contribution >= 0.6 is 0 Å². The molecule has 5 N–H and O–H groups in total. The summed E-state index contributed by atoms with van der Waals surface area (Å²) in [5.74, 6) is 0.00181. The molecule has 9 nitrogen and oxygen atoms in total. The standard InChI is InChI=1S/C41H32N8O/c1-45-27(18-42)34-37(30-21-10-6-7-11-22(21)39-32-23(30)12-9-15-28(32)46(2)19-48(39)4)41(50)38(34)36-31-24(13-8-14-25(31)43)40-35-29(47(3)20-49(40)5)17-16-26(44)33(35)36/h6-17H,19-20,43-44H2,2-5H3/p+1. The van der Waals surface area contributed by atoms with Crippen LogP contribution in [0.3, 0.4) is 0 Å². The van der Waals surface area contributed by atoms with Crippen LogP contribution in [0.1, 0.15) is 5.56 Å². The van der Waals surface area contributed by atoms with E-state index in [2.05, 4.69) is 68.6 Å². The Balaban J connectivity index is 1.57. The number of aliphatic hydroxyl groups is 1. The maximum absolute atomic E-state index is 12.6. The number of rotatable bonds is 1. The van der Waals surface area contributed by atoms with E-state index >= 15 is 0 Å². The number of nitrogens with zero attached hydrogens (tertiary/aromatic N) is 6. The molecular weight excluding hydrogens is 621 g/mol. The summed E-state index contributed by atoms with van der Waals surface area (Å²) in [4.78, 5) is 10.3. The molecule has 3 aliphatic rings. The van der Waals surface area contributed by atoms with Crippen molar-refractivity contribution in [1.29, 1.82) is 5.26 Å². The molecule has 1 aliphatic carbocycles. The minimum Gasteiger partial charge on any atom is -0.507 e. The Kier molecular flexibility index (Phi) is 5.97. The highest BCUT2D eigenvalue weighted by molar-refractivity contribution is 6.31. The third kappa shape index (κ3) is 3.56. The minimum atomic E-state index is -0.109. The highest BCUT2D eigenvalue weighted by Gasteiger charge is 2.39. The van der Waals surface area contributed by atoms with E-state index in [0.717, 1.165) is 70.7 Å². The lowest BCUT2D eigenvalue weighted by Crippen LogP contribution is -2.42. The third-order valence-corrected chi connectivity index (χ3v) is 10.7. The van der Waals surface area contributed by atoms with Crippen LogP contribution < -0.4 is 41.3 Å². The predicted octanol–water partition coefficient (Wildman–Crippen LogP) is 5.67. The van der Waals surface area contributed by atoms with Crippen LogP contribution in [0.2, 0.25) is 0 Å². The molecule has 0 radical (unpaired) electrons. The Morgan fingerprint density at radius 3 is 2.22 bits per heavy atom. The Bertz CT molecular complexity index is 2870. The molecule has 9 heteroatoms. The zero-order valence-corrected chi connectivity index (χ0v) is 28.1. The molecule has 9 rings (SSSR count). The number of benzene rings is 6. The average molecular weight is 654 g/mol. The summed E-state index contributed by atoms with van der Waals surface area (Å²) in [5.41, 5.74) is 19.6. The summed E-state index contributed by atoms with van der Waals surface area (Å²) in [7, 11) is 8.24. The molecule has 50 heavy (non-hydrogen) atoms. The van der Waals surface area contributed by atoms with Crippen molar-refractivity contribution in [2.75, 3.05) is 67.7 Å². The molecular formula is C41H33N8O+. The van der Waals surface area contributed by atoms with Crippen molar-refractivity contribution in [3.63, 3.8) is 0 Å². The molecule has 0 amide bonds. The van der Waals surface area contributed by atoms with Crippen molar-refractivity contribution in [3.05, 3.63) is 117 Å². The van der Waals surface area contributed by atoms with E-state index in [0.29, 0.717) is 47.0 Å². The lowest BCUT2D eigenvalue weighted by atomic mass is 9.73. The number of fused-ring (bicyclic) bond motifs is 4. The first-order chi connectivity index (χ1) is 24.2. The Hall–Kier alpha value is -6.71. The van der Waals surface area contributed by atoms with Crippen molar-refractivity contribution in [1.82, 2.24) is 4.58 Å². The summed E-state index contributed by atoms with van der Waals surface area (Å²) in [5, 5.41) is 32.3. The van der Waals surface area contributed by atoms with Crippen LogP contribution in [-0.2, 0) is 0 Å². The first-order valence-corrected chi connectivity index (χ1v) is 16.4. The number of hydrogen-bond acceptors (Lipinski definition) is 7. The molecule has 0 atom stereocenters. The van der Waals surface area contributed by atoms with Gasteiger partial charge in [-0.1, -0.05) is 42.5 Å². The molecule has 2 heterocycles. The lowest BCUT2D eigenvalue weighted by Gasteiger charge is -2.38. The van der Waals surface area contributed by atoms with E-state index in [1.165, 1.54) is 0 Å². The fourth-order valence-corrected chi connectivity index (χ4v) is 8.77. The summed E-state index contributed by atoms with van der Waals surface area (Å²) in [6.45, 7) is 9.58. The smallest absolute Gasteiger partial charge is 0.270 e. The average Bonchev–Trinajstić information content (AvgIpc) is 3.10. The molecule has 0 bridgehead atoms. The van der Waals surface area contributed by atoms with Crippen LogP contribution in [-0.4, -0.2) is 46.6 Å². The van der Waals surface area contributed by atoms with Gasteiger partial charge < -0.3 is 31.3 Å². The van der Waals surface area contributed by atoms with Gasteiger partial charge in [0.15, 0.2) is 0 Å². The molecule has 0 saturated heterocycles. The lowest BCUT2D eigenvalue weighted by molar-refractivity contribution is 0.434. The van der Waals surface area contributed by atoms with Gasteiger partial charge in [0.1, 0.15) is 12.8 Å². The molecule has 6 aromatic carbocycles. The van der Waals surface area contributed by atoms with Crippen LogP contribution in [0.15, 0.2) is 89.8 Å². The number of anilines is 5. The second-order valence-corrected chi connectivity index (χ2v) is 13.5. The number of nitrogen functional groups attached to an aromatic ring is 2. The normalized spacial score (nSPS) is 17.5. The first-order valence-electron chi connectivity index (χ1n) is 16.4. The molecule has 242 valence electrons. The highest BCUT2D eigenvalue weighted by atomic mass is 16.3. The highest BCUT2D eigenvalue weighted by Crippen LogP contribution is 2.56. The number of nitrogens with two attached hydrogens (primary N) is 2. The molecule has 6 aromatic rings. The van der Waals surface area contributed by atoms with Crippen molar-refractivity contribution < 1.29 is 5.11 Å². The Labute approximate surface area is 288 Å². The van der Waals surface area contributed by atoms with E-state index in [1.807, 2.05) is 62.6 Å². The summed E-state index contributed by atoms with van der Waals surface area (Å²) in [6.07, 6.45) is 0. The molecule has 0 aromatic heterocycles. The zero-order valence-electron chi connectivity index (χ0n) is 28.1. The van der Waals surface area contributed by atoms with Crippen LogP contribution in [0.4, 0.5) is 28.4 Å². The van der Waals surface area contributed by atoms with Crippen LogP contribution in [0, 0.1) is 17.9 Å². The number of allylic oxidation sites excluding steroid dienone is 3. The molecule has 0 fully saturated rings. The van der Waals surface area contributed by atoms with E-state index in [-0.39, 0.29) is 11.5 Å². The number of aliphatic hydroxyl groups excluding tert-OH is 1. The predicted molar refractivity (Wildman–Crippen MR) is 205 cm³/mol. The maximum atomic E-state index is 12.6. The second kappa shape index (κ2) is 10.1. The zero-order chi connectivity index (χ0) is 34.7. The topological polar surface area (TPSA) is 113 Å². The van der Waals surface area contributed by atoms with Gasteiger partial charge in [-0.25, -0.2) is 14.7 Å². The van der Waals surface area contributed by atoms with Crippen molar-refractivity contribution in [2.24, 2.45) is 0 Å². The van der Waals surface area contributed by atoms with Gasteiger partial charge in [-0.15, -0.1) is 0 Å². The SMILES string of the molecule is [C-]#[N+]C(C#N)=C1C(c2c3c(N)cccc3c3c4c(ccc(N)c24)N(C)CN3C)=C(O)/C1=c1/c2ccccc2c2c3c(cccc13)N(C)C[N+]=2C. The molecule has 2 aliphatic heterocycles. The van der Waals surface area contributed by atoms with Gasteiger partial charge in [0.2, 0.25) is 12.0 Å². The van der Waals surface area contributed by atoms with E-state index in [1.54, 1.807) is 0 Å². The van der Waals surface area contributed by atoms with Crippen LogP contribution in [0.25, 0.3) is 59.1 Å². The first kappa shape index (κ1) is 29.4. The number of nitriles is 1. The quantitative estimate of drug-likeness (QED) is 0.0690. The number of hydrogen-bond donors (Lipinski definition) is 3. The Morgan fingerprint density at radius 1 is 0.780 bits per heavy atom. The largest absolute Gasteiger partial charge is 0.507 e. The van der Waals surface area contributed by atoms with E-state index < -0.39 is 0 Å². The van der Waals surface area contributed by atoms with Gasteiger partial charge in [-0.2, -0.15) is 0 Å². The van der Waals surface area contributed by atoms with Gasteiger partial charge >= 0.3 is 0 Å². The molecule has 0 spiro atoms. The van der Waals surface area contributed by atoms with Gasteiger partial charge in [-0.3, -0.25) is 0 Å². The fourth-order valence-electron chi connectivity index (χ4n) is 8.77. The Morgan fingerprint density at radius 2 is 1.46 bits per heavy atom. The third-order valence-electron chi connectivity index (χ3n) is 10.7. The van der Waals surface area contributed by atoms with Crippen molar-refractivity contribution in [2.45, 2.75) is 0 Å². The van der Waals surface area contributed by atoms with Gasteiger partial charge in [0.05, 0.1) is 41.5 Å². The van der Waals surface area contributed by atoms with Crippen LogP contribution in [0.5, 0.6) is 0 Å². The van der Waals surface area contributed by atoms with Gasteiger partial charge in [0, 0.05) is 87.3 Å². The fraction of sp³-hybridized carbons (Fsp3) is 0.146. The monoisotopic (exact) mass is 653 g/mol. The summed E-state index contributed by atoms with van der Waals surface area (Å²) >= 11 is 0. The second-order valence-electron chi connectivity index (χ2n) is 13.5. The maximum Gasteiger partial charge on any atom is 0.270 e. The van der Waals surface area contributed by atoms with Crippen molar-refractivity contribution in [3.8, 4) is 6.07 Å². The van der Waals surface area contributed by atoms with Crippen molar-refractivity contribution >= 4 is 82.7 Å². The van der Waals surface area contributed by atoms with Gasteiger partial charge in [0.25, 0.3) is 5.70 Å². The van der Waals surface area contributed by atoms with Gasteiger partial charge in [-0.05, 0) is 41.1 Å². The van der Waals surface area contributed by atoms with E-state index in [9.17, 15) is 10.4 Å². The van der Waals surface area contributed by atoms with E-state index in [4.69, 9.17) is 18.0 Å². The molecule has 0 saturated carbocycles.